The normalized spacial score (nSPS) is 20.4. The van der Waals surface area contributed by atoms with E-state index in [9.17, 15) is 4.79 Å². The third-order valence-electron chi connectivity index (χ3n) is 3.69. The summed E-state index contributed by atoms with van der Waals surface area (Å²) < 4.78 is 0. The molecule has 0 radical (unpaired) electrons. The minimum atomic E-state index is -0.498. The van der Waals surface area contributed by atoms with Gasteiger partial charge in [-0.1, -0.05) is 20.3 Å². The van der Waals surface area contributed by atoms with Gasteiger partial charge in [-0.15, -0.1) is 0 Å². The maximum absolute atomic E-state index is 11.6. The number of carbonyl (C=O) groups is 1. The zero-order chi connectivity index (χ0) is 13.6. The Morgan fingerprint density at radius 1 is 1.50 bits per heavy atom. The monoisotopic (exact) mass is 272 g/mol. The molecular formula is C14H28N2OS. The molecular weight excluding hydrogens is 244 g/mol. The van der Waals surface area contributed by atoms with Crippen molar-refractivity contribution in [3.8, 4) is 0 Å². The first-order valence-electron chi connectivity index (χ1n) is 7.17. The van der Waals surface area contributed by atoms with Gasteiger partial charge in [0.1, 0.15) is 0 Å². The van der Waals surface area contributed by atoms with Gasteiger partial charge in [-0.2, -0.15) is 11.8 Å². The second kappa shape index (κ2) is 7.39. The fourth-order valence-corrected chi connectivity index (χ4v) is 2.94. The van der Waals surface area contributed by atoms with E-state index in [-0.39, 0.29) is 5.91 Å². The SMILES string of the molecule is CCC(C)SCCCCC(C)(NC1CC1)C(N)=O. The van der Waals surface area contributed by atoms with Crippen molar-refractivity contribution in [3.63, 3.8) is 0 Å². The number of thioether (sulfide) groups is 1. The maximum Gasteiger partial charge on any atom is 0.237 e. The third-order valence-corrected chi connectivity index (χ3v) is 5.12. The van der Waals surface area contributed by atoms with Crippen molar-refractivity contribution < 1.29 is 4.79 Å². The van der Waals surface area contributed by atoms with Crippen molar-refractivity contribution in [2.75, 3.05) is 5.75 Å². The van der Waals surface area contributed by atoms with Crippen LogP contribution in [0.15, 0.2) is 0 Å². The molecule has 18 heavy (non-hydrogen) atoms. The van der Waals surface area contributed by atoms with Gasteiger partial charge in [0, 0.05) is 11.3 Å². The molecule has 0 aromatic rings. The molecule has 1 aliphatic carbocycles. The van der Waals surface area contributed by atoms with Gasteiger partial charge in [-0.25, -0.2) is 0 Å². The van der Waals surface area contributed by atoms with Crippen LogP contribution in [0.3, 0.4) is 0 Å². The summed E-state index contributed by atoms with van der Waals surface area (Å²) in [5.74, 6) is 0.983. The largest absolute Gasteiger partial charge is 0.368 e. The molecule has 0 aromatic heterocycles. The van der Waals surface area contributed by atoms with E-state index < -0.39 is 5.54 Å². The summed E-state index contributed by atoms with van der Waals surface area (Å²) >= 11 is 2.03. The average Bonchev–Trinajstić information content (AvgIpc) is 3.11. The van der Waals surface area contributed by atoms with Gasteiger partial charge in [0.2, 0.25) is 5.91 Å². The van der Waals surface area contributed by atoms with Crippen LogP contribution in [0.1, 0.15) is 59.3 Å². The summed E-state index contributed by atoms with van der Waals surface area (Å²) in [7, 11) is 0. The van der Waals surface area contributed by atoms with Gasteiger partial charge in [0.25, 0.3) is 0 Å². The summed E-state index contributed by atoms with van der Waals surface area (Å²) in [5, 5.41) is 4.14. The predicted molar refractivity (Wildman–Crippen MR) is 79.8 cm³/mol. The van der Waals surface area contributed by atoms with Crippen LogP contribution < -0.4 is 11.1 Å². The second-order valence-electron chi connectivity index (χ2n) is 5.66. The van der Waals surface area contributed by atoms with E-state index in [0.29, 0.717) is 6.04 Å². The van der Waals surface area contributed by atoms with Crippen molar-refractivity contribution >= 4 is 17.7 Å². The standard InChI is InChI=1S/C14H28N2OS/c1-4-11(2)18-10-6-5-9-14(3,13(15)17)16-12-7-8-12/h11-12,16H,4-10H2,1-3H3,(H2,15,17). The Kier molecular flexibility index (Phi) is 6.50. The Hall–Kier alpha value is -0.220. The Morgan fingerprint density at radius 3 is 2.67 bits per heavy atom. The number of rotatable bonds is 10. The van der Waals surface area contributed by atoms with Crippen LogP contribution >= 0.6 is 11.8 Å². The molecule has 0 aliphatic heterocycles. The van der Waals surface area contributed by atoms with E-state index in [2.05, 4.69) is 19.2 Å². The molecule has 1 fully saturated rings. The topological polar surface area (TPSA) is 55.1 Å². The van der Waals surface area contributed by atoms with E-state index in [4.69, 9.17) is 5.73 Å². The molecule has 1 amide bonds. The highest BCUT2D eigenvalue weighted by Crippen LogP contribution is 2.25. The van der Waals surface area contributed by atoms with E-state index in [1.165, 1.54) is 31.4 Å². The third kappa shape index (κ3) is 5.61. The van der Waals surface area contributed by atoms with Crippen LogP contribution in [0.25, 0.3) is 0 Å². The number of nitrogens with one attached hydrogen (secondary N) is 1. The summed E-state index contributed by atoms with van der Waals surface area (Å²) in [6.07, 6.45) is 6.71. The number of nitrogens with two attached hydrogens (primary N) is 1. The summed E-state index contributed by atoms with van der Waals surface area (Å²) in [5.41, 5.74) is 5.03. The highest BCUT2D eigenvalue weighted by atomic mass is 32.2. The quantitative estimate of drug-likeness (QED) is 0.601. The molecule has 3 nitrogen and oxygen atoms in total. The first-order chi connectivity index (χ1) is 8.48. The number of unbranched alkanes of at least 4 members (excludes halogenated alkanes) is 1. The molecule has 0 bridgehead atoms. The van der Waals surface area contributed by atoms with E-state index >= 15 is 0 Å². The number of amides is 1. The molecule has 4 heteroatoms. The number of hydrogen-bond acceptors (Lipinski definition) is 3. The van der Waals surface area contributed by atoms with Crippen molar-refractivity contribution in [3.05, 3.63) is 0 Å². The Balaban J connectivity index is 2.19. The van der Waals surface area contributed by atoms with Crippen molar-refractivity contribution in [2.45, 2.75) is 76.1 Å². The van der Waals surface area contributed by atoms with E-state index in [0.717, 1.165) is 18.1 Å². The number of primary amides is 1. The molecule has 0 saturated heterocycles. The molecule has 2 atom stereocenters. The fourth-order valence-electron chi connectivity index (χ4n) is 1.93. The molecule has 3 N–H and O–H groups in total. The zero-order valence-corrected chi connectivity index (χ0v) is 12.8. The highest BCUT2D eigenvalue weighted by Gasteiger charge is 2.36. The Bertz CT molecular complexity index is 269. The summed E-state index contributed by atoms with van der Waals surface area (Å²) in [4.78, 5) is 11.6. The average molecular weight is 272 g/mol. The van der Waals surface area contributed by atoms with E-state index in [1.807, 2.05) is 18.7 Å². The number of hydrogen-bond donors (Lipinski definition) is 2. The molecule has 0 spiro atoms. The highest BCUT2D eigenvalue weighted by molar-refractivity contribution is 7.99. The van der Waals surface area contributed by atoms with E-state index in [1.54, 1.807) is 0 Å². The fraction of sp³-hybridized carbons (Fsp3) is 0.929. The predicted octanol–water partition coefficient (Wildman–Crippen LogP) is 2.68. The molecule has 1 rings (SSSR count). The van der Waals surface area contributed by atoms with Crippen LogP contribution in [0.5, 0.6) is 0 Å². The molecule has 0 heterocycles. The molecule has 106 valence electrons. The minimum Gasteiger partial charge on any atom is -0.368 e. The molecule has 1 aliphatic rings. The smallest absolute Gasteiger partial charge is 0.237 e. The first kappa shape index (κ1) is 15.8. The van der Waals surface area contributed by atoms with Crippen molar-refractivity contribution in [1.29, 1.82) is 0 Å². The van der Waals surface area contributed by atoms with Crippen LogP contribution in [0, 0.1) is 0 Å². The van der Waals surface area contributed by atoms with Crippen molar-refractivity contribution in [2.24, 2.45) is 5.73 Å². The lowest BCUT2D eigenvalue weighted by Crippen LogP contribution is -2.53. The van der Waals surface area contributed by atoms with Gasteiger partial charge in [-0.3, -0.25) is 4.79 Å². The van der Waals surface area contributed by atoms with Gasteiger partial charge in [-0.05, 0) is 44.8 Å². The lowest BCUT2D eigenvalue weighted by atomic mass is 9.94. The van der Waals surface area contributed by atoms with Gasteiger partial charge < -0.3 is 11.1 Å². The van der Waals surface area contributed by atoms with Crippen LogP contribution in [0.2, 0.25) is 0 Å². The Morgan fingerprint density at radius 2 is 2.17 bits per heavy atom. The van der Waals surface area contributed by atoms with Gasteiger partial charge >= 0.3 is 0 Å². The second-order valence-corrected chi connectivity index (χ2v) is 7.21. The van der Waals surface area contributed by atoms with Crippen LogP contribution in [-0.2, 0) is 4.79 Å². The lowest BCUT2D eigenvalue weighted by Gasteiger charge is -2.27. The van der Waals surface area contributed by atoms with Crippen LogP contribution in [0.4, 0.5) is 0 Å². The minimum absolute atomic E-state index is 0.205. The summed E-state index contributed by atoms with van der Waals surface area (Å²) in [6, 6.07) is 0.525. The summed E-state index contributed by atoms with van der Waals surface area (Å²) in [6.45, 7) is 6.45. The van der Waals surface area contributed by atoms with Crippen molar-refractivity contribution in [1.82, 2.24) is 5.32 Å². The lowest BCUT2D eigenvalue weighted by molar-refractivity contribution is -0.124. The van der Waals surface area contributed by atoms with Crippen LogP contribution in [-0.4, -0.2) is 28.5 Å². The maximum atomic E-state index is 11.6. The number of carbonyl (C=O) groups excluding carboxylic acids is 1. The van der Waals surface area contributed by atoms with Gasteiger partial charge in [0.05, 0.1) is 5.54 Å². The first-order valence-corrected chi connectivity index (χ1v) is 8.22. The zero-order valence-electron chi connectivity index (χ0n) is 12.0. The molecule has 1 saturated carbocycles. The Labute approximate surface area is 116 Å². The van der Waals surface area contributed by atoms with Gasteiger partial charge in [0.15, 0.2) is 0 Å². The molecule has 2 unspecified atom stereocenters. The molecule has 0 aromatic carbocycles.